The smallest absolute Gasteiger partial charge is 0.336 e. The lowest BCUT2D eigenvalue weighted by Crippen LogP contribution is -1.99. The summed E-state index contributed by atoms with van der Waals surface area (Å²) in [6, 6.07) is 3.13. The summed E-state index contributed by atoms with van der Waals surface area (Å²) in [5.74, 6) is -0.830. The van der Waals surface area contributed by atoms with Crippen LogP contribution in [0.4, 0.5) is 0 Å². The van der Waals surface area contributed by atoms with Crippen molar-refractivity contribution in [1.82, 2.24) is 10.2 Å². The molecule has 0 spiro atoms. The van der Waals surface area contributed by atoms with E-state index in [9.17, 15) is 4.79 Å². The highest BCUT2D eigenvalue weighted by atomic mass is 35.5. The number of carboxylic acids is 1. The van der Waals surface area contributed by atoms with E-state index in [-0.39, 0.29) is 11.5 Å². The topological polar surface area (TPSA) is 66.0 Å². The molecule has 0 amide bonds. The molecule has 4 nitrogen and oxygen atoms in total. The van der Waals surface area contributed by atoms with Crippen LogP contribution in [0.25, 0.3) is 10.9 Å². The summed E-state index contributed by atoms with van der Waals surface area (Å²) in [4.78, 5) is 11.1. The molecule has 0 saturated heterocycles. The number of hydrogen-bond acceptors (Lipinski definition) is 2. The van der Waals surface area contributed by atoms with E-state index in [2.05, 4.69) is 10.2 Å². The number of hydrogen-bond donors (Lipinski definition) is 2. The van der Waals surface area contributed by atoms with Crippen molar-refractivity contribution in [3.63, 3.8) is 0 Å². The predicted octanol–water partition coefficient (Wildman–Crippen LogP) is 3.04. The zero-order valence-electron chi connectivity index (χ0n) is 8.91. The van der Waals surface area contributed by atoms with E-state index < -0.39 is 5.97 Å². The number of aromatic amines is 1. The van der Waals surface area contributed by atoms with E-state index >= 15 is 0 Å². The highest BCUT2D eigenvalue weighted by Crippen LogP contribution is 2.29. The van der Waals surface area contributed by atoms with Gasteiger partial charge in [0.1, 0.15) is 0 Å². The number of aromatic nitrogens is 2. The lowest BCUT2D eigenvalue weighted by atomic mass is 10.0. The number of aromatic carboxylic acids is 1. The van der Waals surface area contributed by atoms with Crippen LogP contribution < -0.4 is 0 Å². The van der Waals surface area contributed by atoms with Gasteiger partial charge in [0.25, 0.3) is 0 Å². The van der Waals surface area contributed by atoms with E-state index in [4.69, 9.17) is 16.7 Å². The molecule has 2 N–H and O–H groups in total. The Hall–Kier alpha value is -1.55. The molecule has 0 fully saturated rings. The van der Waals surface area contributed by atoms with Gasteiger partial charge in [0, 0.05) is 10.4 Å². The summed E-state index contributed by atoms with van der Waals surface area (Å²) < 4.78 is 0. The molecule has 0 unspecified atom stereocenters. The van der Waals surface area contributed by atoms with Crippen molar-refractivity contribution in [3.05, 3.63) is 28.4 Å². The summed E-state index contributed by atoms with van der Waals surface area (Å²) in [5, 5.41) is 17.1. The molecule has 0 aliphatic carbocycles. The lowest BCUT2D eigenvalue weighted by molar-refractivity contribution is 0.0699. The minimum absolute atomic E-state index is 0.160. The summed E-state index contributed by atoms with van der Waals surface area (Å²) in [5.41, 5.74) is 1.61. The number of carbonyl (C=O) groups is 1. The van der Waals surface area contributed by atoms with E-state index in [1.54, 1.807) is 6.07 Å². The van der Waals surface area contributed by atoms with Crippen LogP contribution in [0.5, 0.6) is 0 Å². The third kappa shape index (κ3) is 1.65. The Morgan fingerprint density at radius 3 is 2.75 bits per heavy atom. The Labute approximate surface area is 97.2 Å². The second kappa shape index (κ2) is 3.79. The van der Waals surface area contributed by atoms with Crippen molar-refractivity contribution >= 4 is 28.5 Å². The standard InChI is InChI=1S/C11H11ClN2O2/c1-5(2)10-9-7(11(15)16)3-6(12)4-8(9)13-14-10/h3-5H,1-2H3,(H,13,14)(H,15,16). The van der Waals surface area contributed by atoms with Crippen LogP contribution >= 0.6 is 11.6 Å². The number of rotatable bonds is 2. The molecule has 2 rings (SSSR count). The highest BCUT2D eigenvalue weighted by molar-refractivity contribution is 6.32. The van der Waals surface area contributed by atoms with Crippen LogP contribution in [0.15, 0.2) is 12.1 Å². The SMILES string of the molecule is CC(C)c1n[nH]c2cc(Cl)cc(C(=O)O)c12. The number of nitrogens with one attached hydrogen (secondary N) is 1. The Morgan fingerprint density at radius 1 is 1.50 bits per heavy atom. The van der Waals surface area contributed by atoms with Gasteiger partial charge in [-0.25, -0.2) is 4.79 Å². The Morgan fingerprint density at radius 2 is 2.19 bits per heavy atom. The fourth-order valence-electron chi connectivity index (χ4n) is 1.73. The first-order valence-corrected chi connectivity index (χ1v) is 5.29. The minimum Gasteiger partial charge on any atom is -0.478 e. The number of H-pyrrole nitrogens is 1. The van der Waals surface area contributed by atoms with Crippen molar-refractivity contribution in [2.75, 3.05) is 0 Å². The maximum Gasteiger partial charge on any atom is 0.336 e. The van der Waals surface area contributed by atoms with E-state index in [1.165, 1.54) is 6.07 Å². The van der Waals surface area contributed by atoms with Gasteiger partial charge < -0.3 is 5.11 Å². The normalized spacial score (nSPS) is 11.2. The monoisotopic (exact) mass is 238 g/mol. The van der Waals surface area contributed by atoms with Gasteiger partial charge in [0.05, 0.1) is 16.8 Å². The van der Waals surface area contributed by atoms with Gasteiger partial charge in [0.2, 0.25) is 0 Å². The molecule has 0 bridgehead atoms. The van der Waals surface area contributed by atoms with E-state index in [0.29, 0.717) is 15.9 Å². The van der Waals surface area contributed by atoms with Crippen LogP contribution in [0.2, 0.25) is 5.02 Å². The fraction of sp³-hybridized carbons (Fsp3) is 0.273. The van der Waals surface area contributed by atoms with Crippen molar-refractivity contribution < 1.29 is 9.90 Å². The van der Waals surface area contributed by atoms with Crippen molar-refractivity contribution in [2.45, 2.75) is 19.8 Å². The number of halogens is 1. The van der Waals surface area contributed by atoms with Crippen LogP contribution in [0.1, 0.15) is 35.8 Å². The Bertz CT molecular complexity index is 560. The first kappa shape index (κ1) is 11.0. The molecule has 0 aliphatic rings. The first-order valence-electron chi connectivity index (χ1n) is 4.91. The van der Waals surface area contributed by atoms with Crippen molar-refractivity contribution in [2.24, 2.45) is 0 Å². The average Bonchev–Trinajstić information content (AvgIpc) is 2.59. The van der Waals surface area contributed by atoms with Crippen molar-refractivity contribution in [3.8, 4) is 0 Å². The van der Waals surface area contributed by atoms with Gasteiger partial charge in [-0.05, 0) is 18.1 Å². The Kier molecular flexibility index (Phi) is 2.59. The molecule has 1 aromatic heterocycles. The number of fused-ring (bicyclic) bond motifs is 1. The van der Waals surface area contributed by atoms with Crippen LogP contribution in [0.3, 0.4) is 0 Å². The summed E-state index contributed by atoms with van der Waals surface area (Å²) in [6.07, 6.45) is 0. The highest BCUT2D eigenvalue weighted by Gasteiger charge is 2.17. The second-order valence-electron chi connectivity index (χ2n) is 3.94. The molecule has 16 heavy (non-hydrogen) atoms. The maximum absolute atomic E-state index is 11.1. The number of nitrogens with zero attached hydrogens (tertiary/aromatic N) is 1. The number of carboxylic acid groups (broad SMARTS) is 1. The Balaban J connectivity index is 2.84. The molecule has 0 aliphatic heterocycles. The zero-order valence-corrected chi connectivity index (χ0v) is 9.67. The van der Waals surface area contributed by atoms with Crippen molar-refractivity contribution in [1.29, 1.82) is 0 Å². The average molecular weight is 239 g/mol. The van der Waals surface area contributed by atoms with Crippen LogP contribution in [0, 0.1) is 0 Å². The molecule has 1 aromatic carbocycles. The molecule has 0 saturated carbocycles. The molecule has 2 aromatic rings. The summed E-state index contributed by atoms with van der Waals surface area (Å²) in [7, 11) is 0. The lowest BCUT2D eigenvalue weighted by Gasteiger charge is -2.04. The fourth-order valence-corrected chi connectivity index (χ4v) is 1.95. The molecule has 0 radical (unpaired) electrons. The van der Waals surface area contributed by atoms with E-state index in [1.807, 2.05) is 13.8 Å². The molecular formula is C11H11ClN2O2. The van der Waals surface area contributed by atoms with Gasteiger partial charge in [-0.2, -0.15) is 5.10 Å². The quantitative estimate of drug-likeness (QED) is 0.845. The van der Waals surface area contributed by atoms with E-state index in [0.717, 1.165) is 5.69 Å². The molecule has 5 heteroatoms. The van der Waals surface area contributed by atoms with Crippen LogP contribution in [-0.2, 0) is 0 Å². The molecular weight excluding hydrogens is 228 g/mol. The predicted molar refractivity (Wildman–Crippen MR) is 62.2 cm³/mol. The van der Waals surface area contributed by atoms with Gasteiger partial charge in [-0.1, -0.05) is 25.4 Å². The maximum atomic E-state index is 11.1. The van der Waals surface area contributed by atoms with Gasteiger partial charge in [-0.3, -0.25) is 5.10 Å². The molecule has 1 heterocycles. The van der Waals surface area contributed by atoms with Crippen LogP contribution in [-0.4, -0.2) is 21.3 Å². The minimum atomic E-state index is -0.990. The summed E-state index contributed by atoms with van der Waals surface area (Å²) in [6.45, 7) is 3.94. The zero-order chi connectivity index (χ0) is 11.9. The van der Waals surface area contributed by atoms with Gasteiger partial charge in [0.15, 0.2) is 0 Å². The van der Waals surface area contributed by atoms with Gasteiger partial charge >= 0.3 is 5.97 Å². The van der Waals surface area contributed by atoms with Gasteiger partial charge in [-0.15, -0.1) is 0 Å². The third-order valence-corrected chi connectivity index (χ3v) is 2.65. The number of benzene rings is 1. The third-order valence-electron chi connectivity index (χ3n) is 2.43. The first-order chi connectivity index (χ1) is 7.50. The molecule has 0 atom stereocenters. The second-order valence-corrected chi connectivity index (χ2v) is 4.38. The molecule has 84 valence electrons. The largest absolute Gasteiger partial charge is 0.478 e. The summed E-state index contributed by atoms with van der Waals surface area (Å²) >= 11 is 5.85.